The molecule has 0 unspecified atom stereocenters. The zero-order valence-electron chi connectivity index (χ0n) is 15.4. The number of ether oxygens (including phenoxy) is 1. The van der Waals surface area contributed by atoms with Crippen molar-refractivity contribution in [2.24, 2.45) is 0 Å². The molecule has 140 valence electrons. The first-order valence-electron chi connectivity index (χ1n) is 8.38. The number of thioether (sulfide) groups is 1. The van der Waals surface area contributed by atoms with Crippen molar-refractivity contribution in [2.45, 2.75) is 45.4 Å². The smallest absolute Gasteiger partial charge is 0.317 e. The van der Waals surface area contributed by atoms with Crippen LogP contribution in [0.25, 0.3) is 5.69 Å². The summed E-state index contributed by atoms with van der Waals surface area (Å²) in [5.41, 5.74) is 2.97. The van der Waals surface area contributed by atoms with Crippen LogP contribution in [0.1, 0.15) is 31.4 Å². The van der Waals surface area contributed by atoms with Crippen molar-refractivity contribution < 1.29 is 14.3 Å². The second kappa shape index (κ2) is 9.33. The van der Waals surface area contributed by atoms with Gasteiger partial charge in [0.2, 0.25) is 5.16 Å². The van der Waals surface area contributed by atoms with E-state index in [1.165, 1.54) is 0 Å². The summed E-state index contributed by atoms with van der Waals surface area (Å²) in [6, 6.07) is 5.98. The lowest BCUT2D eigenvalue weighted by Gasteiger charge is -2.13. The minimum atomic E-state index is -0.829. The summed E-state index contributed by atoms with van der Waals surface area (Å²) in [6.45, 7) is 8.01. The van der Waals surface area contributed by atoms with Crippen LogP contribution in [0.2, 0.25) is 0 Å². The predicted molar refractivity (Wildman–Crippen MR) is 98.2 cm³/mol. The van der Waals surface area contributed by atoms with Crippen LogP contribution in [0.5, 0.6) is 0 Å². The molecule has 9 heteroatoms. The van der Waals surface area contributed by atoms with Crippen molar-refractivity contribution in [1.82, 2.24) is 25.5 Å². The molecule has 1 amide bonds. The number of rotatable bonds is 8. The summed E-state index contributed by atoms with van der Waals surface area (Å²) in [5.74, 6) is -0.786. The minimum Gasteiger partial charge on any atom is -0.452 e. The normalized spacial score (nSPS) is 11.8. The van der Waals surface area contributed by atoms with Gasteiger partial charge in [-0.15, -0.1) is 5.10 Å². The largest absolute Gasteiger partial charge is 0.452 e. The first-order chi connectivity index (χ1) is 12.4. The predicted octanol–water partition coefficient (Wildman–Crippen LogP) is 1.83. The Balaban J connectivity index is 1.96. The van der Waals surface area contributed by atoms with E-state index in [1.54, 1.807) is 11.6 Å². The van der Waals surface area contributed by atoms with E-state index in [0.29, 0.717) is 11.7 Å². The van der Waals surface area contributed by atoms with E-state index in [0.717, 1.165) is 35.0 Å². The number of nitrogens with zero attached hydrogens (tertiary/aromatic N) is 4. The zero-order chi connectivity index (χ0) is 19.1. The topological polar surface area (TPSA) is 99.0 Å². The van der Waals surface area contributed by atoms with Gasteiger partial charge in [-0.25, -0.2) is 0 Å². The number of nitrogens with one attached hydrogen (secondary N) is 1. The van der Waals surface area contributed by atoms with Crippen LogP contribution in [0.3, 0.4) is 0 Å². The third kappa shape index (κ3) is 5.29. The van der Waals surface area contributed by atoms with Crippen LogP contribution in [0, 0.1) is 13.8 Å². The van der Waals surface area contributed by atoms with Crippen LogP contribution in [0.4, 0.5) is 0 Å². The standard InChI is InChI=1S/C17H23N5O3S/c1-5-8-18-16(24)13(4)25-15(23)10-26-17-19-20-21-22(17)14-9-11(2)6-7-12(14)3/h6-7,9,13H,5,8,10H2,1-4H3,(H,18,24)/t13-/m0/s1. The summed E-state index contributed by atoms with van der Waals surface area (Å²) in [6.07, 6.45) is -0.00630. The number of hydrogen-bond donors (Lipinski definition) is 1. The molecular weight excluding hydrogens is 354 g/mol. The third-order valence-corrected chi connectivity index (χ3v) is 4.47. The fourth-order valence-electron chi connectivity index (χ4n) is 2.17. The molecule has 1 aromatic carbocycles. The third-order valence-electron chi connectivity index (χ3n) is 3.58. The van der Waals surface area contributed by atoms with Crippen molar-refractivity contribution in [2.75, 3.05) is 12.3 Å². The van der Waals surface area contributed by atoms with E-state index in [2.05, 4.69) is 20.8 Å². The Hall–Kier alpha value is -2.42. The average molecular weight is 377 g/mol. The Morgan fingerprint density at radius 2 is 2.12 bits per heavy atom. The molecule has 0 aliphatic rings. The number of hydrogen-bond acceptors (Lipinski definition) is 7. The molecule has 0 radical (unpaired) electrons. The molecule has 1 heterocycles. The van der Waals surface area contributed by atoms with Gasteiger partial charge < -0.3 is 10.1 Å². The van der Waals surface area contributed by atoms with Crippen molar-refractivity contribution in [3.63, 3.8) is 0 Å². The summed E-state index contributed by atoms with van der Waals surface area (Å²) in [7, 11) is 0. The maximum absolute atomic E-state index is 12.0. The first-order valence-corrected chi connectivity index (χ1v) is 9.37. The molecule has 1 aromatic heterocycles. The van der Waals surface area contributed by atoms with Crippen LogP contribution < -0.4 is 5.32 Å². The number of aryl methyl sites for hydroxylation is 2. The number of amides is 1. The van der Waals surface area contributed by atoms with E-state index in [4.69, 9.17) is 4.74 Å². The van der Waals surface area contributed by atoms with Crippen molar-refractivity contribution >= 4 is 23.6 Å². The highest BCUT2D eigenvalue weighted by Gasteiger charge is 2.19. The molecule has 26 heavy (non-hydrogen) atoms. The molecule has 1 N–H and O–H groups in total. The SMILES string of the molecule is CCCNC(=O)[C@H](C)OC(=O)CSc1nnnn1-c1cc(C)ccc1C. The molecule has 0 spiro atoms. The van der Waals surface area contributed by atoms with Crippen LogP contribution >= 0.6 is 11.8 Å². The summed E-state index contributed by atoms with van der Waals surface area (Å²) in [4.78, 5) is 23.7. The van der Waals surface area contributed by atoms with Gasteiger partial charge in [0.15, 0.2) is 6.10 Å². The highest BCUT2D eigenvalue weighted by molar-refractivity contribution is 7.99. The summed E-state index contributed by atoms with van der Waals surface area (Å²) >= 11 is 1.16. The van der Waals surface area contributed by atoms with Gasteiger partial charge >= 0.3 is 5.97 Å². The number of carbonyl (C=O) groups is 2. The van der Waals surface area contributed by atoms with E-state index in [-0.39, 0.29) is 11.7 Å². The number of benzene rings is 1. The molecule has 0 saturated heterocycles. The van der Waals surface area contributed by atoms with Gasteiger partial charge in [-0.05, 0) is 54.8 Å². The quantitative estimate of drug-likeness (QED) is 0.553. The van der Waals surface area contributed by atoms with E-state index >= 15 is 0 Å². The average Bonchev–Trinajstić information content (AvgIpc) is 3.08. The lowest BCUT2D eigenvalue weighted by Crippen LogP contribution is -2.36. The molecule has 0 bridgehead atoms. The lowest BCUT2D eigenvalue weighted by molar-refractivity contribution is -0.152. The molecule has 2 rings (SSSR count). The number of esters is 1. The second-order valence-corrected chi connectivity index (χ2v) is 6.82. The number of tetrazole rings is 1. The number of carbonyl (C=O) groups excluding carboxylic acids is 2. The molecule has 1 atom stereocenters. The van der Waals surface area contributed by atoms with Gasteiger partial charge in [0.1, 0.15) is 0 Å². The van der Waals surface area contributed by atoms with Gasteiger partial charge in [0.05, 0.1) is 11.4 Å². The molecule has 2 aromatic rings. The molecule has 0 fully saturated rings. The van der Waals surface area contributed by atoms with E-state index in [1.807, 2.05) is 39.0 Å². The zero-order valence-corrected chi connectivity index (χ0v) is 16.2. The van der Waals surface area contributed by atoms with Crippen molar-refractivity contribution in [1.29, 1.82) is 0 Å². The van der Waals surface area contributed by atoms with Gasteiger partial charge in [-0.2, -0.15) is 4.68 Å². The Morgan fingerprint density at radius 1 is 1.35 bits per heavy atom. The molecule has 0 aliphatic carbocycles. The molecular formula is C17H23N5O3S. The minimum absolute atomic E-state index is 0.0106. The van der Waals surface area contributed by atoms with Crippen molar-refractivity contribution in [3.05, 3.63) is 29.3 Å². The lowest BCUT2D eigenvalue weighted by atomic mass is 10.1. The highest BCUT2D eigenvalue weighted by Crippen LogP contribution is 2.21. The van der Waals surface area contributed by atoms with E-state index in [9.17, 15) is 9.59 Å². The van der Waals surface area contributed by atoms with Crippen molar-refractivity contribution in [3.8, 4) is 5.69 Å². The molecule has 0 aliphatic heterocycles. The van der Waals surface area contributed by atoms with Gasteiger partial charge in [-0.3, -0.25) is 9.59 Å². The monoisotopic (exact) mass is 377 g/mol. The Bertz CT molecular complexity index is 778. The Labute approximate surface area is 156 Å². The van der Waals surface area contributed by atoms with Crippen LogP contribution in [-0.4, -0.2) is 50.5 Å². The summed E-state index contributed by atoms with van der Waals surface area (Å²) in [5, 5.41) is 14.8. The Morgan fingerprint density at radius 3 is 2.85 bits per heavy atom. The van der Waals surface area contributed by atoms with Crippen LogP contribution in [-0.2, 0) is 14.3 Å². The maximum atomic E-state index is 12.0. The number of aromatic nitrogens is 4. The van der Waals surface area contributed by atoms with E-state index < -0.39 is 12.1 Å². The molecule has 8 nitrogen and oxygen atoms in total. The summed E-state index contributed by atoms with van der Waals surface area (Å²) < 4.78 is 6.74. The van der Waals surface area contributed by atoms with Crippen LogP contribution in [0.15, 0.2) is 23.4 Å². The highest BCUT2D eigenvalue weighted by atomic mass is 32.2. The van der Waals surface area contributed by atoms with Gasteiger partial charge in [0.25, 0.3) is 5.91 Å². The molecule has 0 saturated carbocycles. The van der Waals surface area contributed by atoms with Gasteiger partial charge in [0, 0.05) is 6.54 Å². The fourth-order valence-corrected chi connectivity index (χ4v) is 2.83. The second-order valence-electron chi connectivity index (χ2n) is 5.87. The maximum Gasteiger partial charge on any atom is 0.317 e. The van der Waals surface area contributed by atoms with Gasteiger partial charge in [-0.1, -0.05) is 30.8 Å². The Kier molecular flexibility index (Phi) is 7.14. The first kappa shape index (κ1) is 19.9. The fraction of sp³-hybridized carbons (Fsp3) is 0.471.